The average Bonchev–Trinajstić information content (AvgIpc) is 1.89. The lowest BCUT2D eigenvalue weighted by Crippen LogP contribution is -2.26. The molecule has 0 aliphatic carbocycles. The van der Waals surface area contributed by atoms with Crippen molar-refractivity contribution < 1.29 is 0 Å². The lowest BCUT2D eigenvalue weighted by molar-refractivity contribution is 0.543. The second-order valence-corrected chi connectivity index (χ2v) is 2.62. The zero-order valence-electron chi connectivity index (χ0n) is 6.98. The van der Waals surface area contributed by atoms with Crippen molar-refractivity contribution >= 4 is 0 Å². The Morgan fingerprint density at radius 3 is 2.80 bits per heavy atom. The summed E-state index contributed by atoms with van der Waals surface area (Å²) in [6.07, 6.45) is 8.47. The van der Waals surface area contributed by atoms with Crippen LogP contribution in [-0.4, -0.2) is 12.6 Å². The molecule has 58 valence electrons. The van der Waals surface area contributed by atoms with Crippen molar-refractivity contribution in [2.24, 2.45) is 0 Å². The highest BCUT2D eigenvalue weighted by Gasteiger charge is 1.95. The van der Waals surface area contributed by atoms with Crippen LogP contribution in [0.15, 0.2) is 0 Å². The topological polar surface area (TPSA) is 12.0 Å². The van der Waals surface area contributed by atoms with E-state index in [0.717, 1.165) is 13.0 Å². The second-order valence-electron chi connectivity index (χ2n) is 2.62. The van der Waals surface area contributed by atoms with Gasteiger partial charge in [0.1, 0.15) is 0 Å². The van der Waals surface area contributed by atoms with E-state index in [0.29, 0.717) is 6.04 Å². The number of hydrogen-bond donors (Lipinski definition) is 1. The van der Waals surface area contributed by atoms with Crippen LogP contribution in [0.4, 0.5) is 0 Å². The van der Waals surface area contributed by atoms with Crippen LogP contribution in [0.3, 0.4) is 0 Å². The molecule has 0 bridgehead atoms. The zero-order valence-corrected chi connectivity index (χ0v) is 6.98. The first-order valence-electron chi connectivity index (χ1n) is 3.98. The van der Waals surface area contributed by atoms with Crippen LogP contribution in [0, 0.1) is 12.3 Å². The lowest BCUT2D eigenvalue weighted by Gasteiger charge is -2.08. The van der Waals surface area contributed by atoms with Crippen LogP contribution < -0.4 is 5.32 Å². The van der Waals surface area contributed by atoms with Gasteiger partial charge < -0.3 is 5.32 Å². The molecule has 0 radical (unpaired) electrons. The van der Waals surface area contributed by atoms with Gasteiger partial charge in [0, 0.05) is 12.5 Å². The highest BCUT2D eigenvalue weighted by molar-refractivity contribution is 4.87. The van der Waals surface area contributed by atoms with Crippen molar-refractivity contribution in [1.82, 2.24) is 5.32 Å². The first-order valence-corrected chi connectivity index (χ1v) is 3.98. The number of nitrogens with one attached hydrogen (secondary N) is 1. The van der Waals surface area contributed by atoms with Gasteiger partial charge in [-0.25, -0.2) is 0 Å². The quantitative estimate of drug-likeness (QED) is 0.452. The molecule has 1 N–H and O–H groups in total. The van der Waals surface area contributed by atoms with Crippen LogP contribution in [0.1, 0.15) is 33.1 Å². The maximum atomic E-state index is 5.14. The first-order chi connectivity index (χ1) is 4.81. The first kappa shape index (κ1) is 9.52. The summed E-state index contributed by atoms with van der Waals surface area (Å²) in [6, 6.07) is 0.483. The summed E-state index contributed by atoms with van der Waals surface area (Å²) in [5, 5.41) is 3.34. The molecule has 1 nitrogen and oxygen atoms in total. The molecule has 0 saturated heterocycles. The Hall–Kier alpha value is -0.480. The minimum Gasteiger partial charge on any atom is -0.313 e. The molecule has 1 unspecified atom stereocenters. The molecule has 0 aromatic carbocycles. The van der Waals surface area contributed by atoms with Crippen molar-refractivity contribution in [2.75, 3.05) is 6.54 Å². The normalized spacial score (nSPS) is 12.5. The van der Waals surface area contributed by atoms with Crippen molar-refractivity contribution in [1.29, 1.82) is 0 Å². The Morgan fingerprint density at radius 1 is 1.60 bits per heavy atom. The predicted molar refractivity (Wildman–Crippen MR) is 45.8 cm³/mol. The van der Waals surface area contributed by atoms with Crippen LogP contribution >= 0.6 is 0 Å². The monoisotopic (exact) mass is 139 g/mol. The molecule has 0 heterocycles. The molecule has 10 heavy (non-hydrogen) atoms. The maximum Gasteiger partial charge on any atom is 0.0238 e. The molecule has 0 rings (SSSR count). The molecule has 1 heteroatoms. The van der Waals surface area contributed by atoms with E-state index in [9.17, 15) is 0 Å². The summed E-state index contributed by atoms with van der Waals surface area (Å²) in [5.74, 6) is 2.63. The van der Waals surface area contributed by atoms with Crippen molar-refractivity contribution in [2.45, 2.75) is 39.2 Å². The molecule has 0 saturated carbocycles. The van der Waals surface area contributed by atoms with E-state index in [4.69, 9.17) is 6.42 Å². The largest absolute Gasteiger partial charge is 0.313 e. The minimum atomic E-state index is 0.483. The molecule has 0 aromatic rings. The third-order valence-corrected chi connectivity index (χ3v) is 1.45. The van der Waals surface area contributed by atoms with Crippen molar-refractivity contribution in [3.8, 4) is 12.3 Å². The van der Waals surface area contributed by atoms with Crippen LogP contribution in [-0.2, 0) is 0 Å². The smallest absolute Gasteiger partial charge is 0.0238 e. The predicted octanol–water partition coefficient (Wildman–Crippen LogP) is 1.79. The van der Waals surface area contributed by atoms with E-state index >= 15 is 0 Å². The Balaban J connectivity index is 3.06. The third-order valence-electron chi connectivity index (χ3n) is 1.45. The van der Waals surface area contributed by atoms with Gasteiger partial charge in [-0.3, -0.25) is 0 Å². The SMILES string of the molecule is C#CCC(C)NCCCC. The van der Waals surface area contributed by atoms with Gasteiger partial charge in [0.2, 0.25) is 0 Å². The lowest BCUT2D eigenvalue weighted by atomic mass is 10.2. The van der Waals surface area contributed by atoms with Gasteiger partial charge in [0.05, 0.1) is 0 Å². The number of terminal acetylenes is 1. The van der Waals surface area contributed by atoms with Crippen LogP contribution in [0.25, 0.3) is 0 Å². The molecular formula is C9H17N. The van der Waals surface area contributed by atoms with E-state index in [1.165, 1.54) is 12.8 Å². The molecule has 0 aromatic heterocycles. The Morgan fingerprint density at radius 2 is 2.30 bits per heavy atom. The summed E-state index contributed by atoms with van der Waals surface area (Å²) in [5.41, 5.74) is 0. The number of unbranched alkanes of at least 4 members (excludes halogenated alkanes) is 1. The van der Waals surface area contributed by atoms with Crippen LogP contribution in [0.2, 0.25) is 0 Å². The fraction of sp³-hybridized carbons (Fsp3) is 0.778. The Kier molecular flexibility index (Phi) is 6.32. The van der Waals surface area contributed by atoms with Gasteiger partial charge in [0.25, 0.3) is 0 Å². The van der Waals surface area contributed by atoms with Gasteiger partial charge in [-0.15, -0.1) is 12.3 Å². The zero-order chi connectivity index (χ0) is 7.82. The van der Waals surface area contributed by atoms with Crippen molar-refractivity contribution in [3.63, 3.8) is 0 Å². The molecule has 0 spiro atoms. The second kappa shape index (κ2) is 6.64. The molecule has 0 amide bonds. The minimum absolute atomic E-state index is 0.483. The fourth-order valence-electron chi connectivity index (χ4n) is 0.774. The highest BCUT2D eigenvalue weighted by atomic mass is 14.9. The molecule has 0 aliphatic rings. The number of hydrogen-bond acceptors (Lipinski definition) is 1. The maximum absolute atomic E-state index is 5.14. The van der Waals surface area contributed by atoms with Gasteiger partial charge in [-0.2, -0.15) is 0 Å². The van der Waals surface area contributed by atoms with Gasteiger partial charge in [-0.05, 0) is 19.9 Å². The summed E-state index contributed by atoms with van der Waals surface area (Å²) in [4.78, 5) is 0. The summed E-state index contributed by atoms with van der Waals surface area (Å²) >= 11 is 0. The summed E-state index contributed by atoms with van der Waals surface area (Å²) in [7, 11) is 0. The molecule has 0 fully saturated rings. The van der Waals surface area contributed by atoms with Crippen molar-refractivity contribution in [3.05, 3.63) is 0 Å². The van der Waals surface area contributed by atoms with E-state index in [1.807, 2.05) is 0 Å². The average molecular weight is 139 g/mol. The van der Waals surface area contributed by atoms with E-state index in [2.05, 4.69) is 25.1 Å². The summed E-state index contributed by atoms with van der Waals surface area (Å²) < 4.78 is 0. The molecular weight excluding hydrogens is 122 g/mol. The standard InChI is InChI=1S/C9H17N/c1-4-6-8-10-9(3)7-5-2/h2,9-10H,4,6-8H2,1,3H3. The van der Waals surface area contributed by atoms with E-state index in [1.54, 1.807) is 0 Å². The summed E-state index contributed by atoms with van der Waals surface area (Å²) in [6.45, 7) is 5.41. The van der Waals surface area contributed by atoms with Crippen LogP contribution in [0.5, 0.6) is 0 Å². The highest BCUT2D eigenvalue weighted by Crippen LogP contribution is 1.89. The third kappa shape index (κ3) is 5.65. The Labute approximate surface area is 64.2 Å². The number of rotatable bonds is 5. The molecule has 1 atom stereocenters. The molecule has 0 aliphatic heterocycles. The van der Waals surface area contributed by atoms with Gasteiger partial charge in [-0.1, -0.05) is 13.3 Å². The van der Waals surface area contributed by atoms with Gasteiger partial charge >= 0.3 is 0 Å². The fourth-order valence-corrected chi connectivity index (χ4v) is 0.774. The van der Waals surface area contributed by atoms with Gasteiger partial charge in [0.15, 0.2) is 0 Å². The Bertz CT molecular complexity index is 102. The van der Waals surface area contributed by atoms with E-state index < -0.39 is 0 Å². The van der Waals surface area contributed by atoms with E-state index in [-0.39, 0.29) is 0 Å².